The molecule has 0 aliphatic rings. The van der Waals surface area contributed by atoms with Gasteiger partial charge >= 0.3 is 5.97 Å². The molecule has 0 unspecified atom stereocenters. The number of carbonyl (C=O) groups is 1. The topological polar surface area (TPSA) is 44.1 Å². The van der Waals surface area contributed by atoms with Gasteiger partial charge in [-0.2, -0.15) is 0 Å². The number of imidazole rings is 1. The van der Waals surface area contributed by atoms with E-state index in [1.807, 2.05) is 6.07 Å². The van der Waals surface area contributed by atoms with Gasteiger partial charge in [0.15, 0.2) is 4.73 Å². The van der Waals surface area contributed by atoms with Crippen LogP contribution < -0.4 is 0 Å². The number of aryl methyl sites for hydroxylation is 1. The molecule has 17 heavy (non-hydrogen) atoms. The number of ether oxygens (including phenoxy) is 1. The number of hydrogen-bond donors (Lipinski definition) is 0. The van der Waals surface area contributed by atoms with Crippen LogP contribution in [0.3, 0.4) is 0 Å². The number of carbonyl (C=O) groups excluding carboxylic acids is 1. The Morgan fingerprint density at radius 1 is 1.53 bits per heavy atom. The number of aromatic nitrogens is 2. The van der Waals surface area contributed by atoms with Crippen LogP contribution in [0.25, 0.3) is 11.0 Å². The molecule has 0 N–H and O–H groups in total. The minimum absolute atomic E-state index is 0.340. The van der Waals surface area contributed by atoms with Gasteiger partial charge in [-0.1, -0.05) is 6.92 Å². The average Bonchev–Trinajstić information content (AvgIpc) is 2.64. The maximum absolute atomic E-state index is 11.4. The molecular weight excluding hydrogens is 284 g/mol. The molecule has 4 nitrogen and oxygen atoms in total. The van der Waals surface area contributed by atoms with Crippen LogP contribution in [-0.4, -0.2) is 22.6 Å². The van der Waals surface area contributed by atoms with Gasteiger partial charge in [0.1, 0.15) is 0 Å². The second-order valence-corrected chi connectivity index (χ2v) is 4.44. The van der Waals surface area contributed by atoms with Crippen LogP contribution in [0.5, 0.6) is 0 Å². The first kappa shape index (κ1) is 12.1. The molecular formula is C12H13BrN2O2. The van der Waals surface area contributed by atoms with Gasteiger partial charge in [0.2, 0.25) is 0 Å². The van der Waals surface area contributed by atoms with Gasteiger partial charge < -0.3 is 9.30 Å². The van der Waals surface area contributed by atoms with E-state index in [1.54, 1.807) is 12.1 Å². The maximum Gasteiger partial charge on any atom is 0.337 e. The molecule has 1 heterocycles. The first-order valence-corrected chi connectivity index (χ1v) is 6.20. The molecule has 0 fully saturated rings. The van der Waals surface area contributed by atoms with Gasteiger partial charge in [-0.15, -0.1) is 0 Å². The van der Waals surface area contributed by atoms with Crippen LogP contribution in [-0.2, 0) is 11.3 Å². The quantitative estimate of drug-likeness (QED) is 0.818. The second-order valence-electron chi connectivity index (χ2n) is 3.73. The monoisotopic (exact) mass is 296 g/mol. The van der Waals surface area contributed by atoms with Crippen LogP contribution in [0.2, 0.25) is 0 Å². The zero-order valence-corrected chi connectivity index (χ0v) is 11.3. The van der Waals surface area contributed by atoms with Crippen LogP contribution in [0, 0.1) is 0 Å². The summed E-state index contributed by atoms with van der Waals surface area (Å²) in [7, 11) is 1.37. The van der Waals surface area contributed by atoms with E-state index in [0.717, 1.165) is 28.7 Å². The number of rotatable bonds is 3. The number of nitrogens with zero attached hydrogens (tertiary/aromatic N) is 2. The molecule has 0 bridgehead atoms. The summed E-state index contributed by atoms with van der Waals surface area (Å²) >= 11 is 3.42. The van der Waals surface area contributed by atoms with Crippen molar-refractivity contribution in [2.24, 2.45) is 0 Å². The predicted octanol–water partition coefficient (Wildman–Crippen LogP) is 3.00. The lowest BCUT2D eigenvalue weighted by atomic mass is 10.2. The SMILES string of the molecule is CCCn1c(Br)nc2cc(C(=O)OC)ccc21. The lowest BCUT2D eigenvalue weighted by Gasteiger charge is -2.03. The van der Waals surface area contributed by atoms with E-state index < -0.39 is 0 Å². The summed E-state index contributed by atoms with van der Waals surface area (Å²) in [5, 5.41) is 0. The van der Waals surface area contributed by atoms with Crippen LogP contribution in [0.1, 0.15) is 23.7 Å². The number of esters is 1. The van der Waals surface area contributed by atoms with Crippen molar-refractivity contribution in [2.75, 3.05) is 7.11 Å². The fourth-order valence-corrected chi connectivity index (χ4v) is 2.34. The Hall–Kier alpha value is -1.36. The third-order valence-corrected chi connectivity index (χ3v) is 3.18. The van der Waals surface area contributed by atoms with Crippen molar-refractivity contribution in [3.63, 3.8) is 0 Å². The highest BCUT2D eigenvalue weighted by Crippen LogP contribution is 2.22. The number of benzene rings is 1. The normalized spacial score (nSPS) is 10.8. The minimum Gasteiger partial charge on any atom is -0.465 e. The first-order chi connectivity index (χ1) is 8.17. The Kier molecular flexibility index (Phi) is 3.47. The number of fused-ring (bicyclic) bond motifs is 1. The van der Waals surface area contributed by atoms with E-state index in [1.165, 1.54) is 7.11 Å². The smallest absolute Gasteiger partial charge is 0.337 e. The molecule has 1 aromatic carbocycles. The van der Waals surface area contributed by atoms with Crippen molar-refractivity contribution in [1.29, 1.82) is 0 Å². The van der Waals surface area contributed by atoms with E-state index in [4.69, 9.17) is 0 Å². The zero-order valence-electron chi connectivity index (χ0n) is 9.74. The summed E-state index contributed by atoms with van der Waals surface area (Å²) in [5.41, 5.74) is 2.34. The van der Waals surface area contributed by atoms with E-state index in [-0.39, 0.29) is 5.97 Å². The first-order valence-electron chi connectivity index (χ1n) is 5.41. The fourth-order valence-electron chi connectivity index (χ4n) is 1.78. The van der Waals surface area contributed by atoms with Crippen LogP contribution in [0.15, 0.2) is 22.9 Å². The van der Waals surface area contributed by atoms with Crippen molar-refractivity contribution in [3.8, 4) is 0 Å². The van der Waals surface area contributed by atoms with Crippen molar-refractivity contribution >= 4 is 32.9 Å². The largest absolute Gasteiger partial charge is 0.465 e. The van der Waals surface area contributed by atoms with Gasteiger partial charge in [-0.3, -0.25) is 0 Å². The Bertz CT molecular complexity index is 563. The molecule has 5 heteroatoms. The summed E-state index contributed by atoms with van der Waals surface area (Å²) in [5.74, 6) is -0.340. The second kappa shape index (κ2) is 4.87. The standard InChI is InChI=1S/C12H13BrN2O2/c1-3-6-15-10-5-4-8(11(16)17-2)7-9(10)14-12(15)13/h4-5,7H,3,6H2,1-2H3. The molecule has 0 aliphatic heterocycles. The van der Waals surface area contributed by atoms with E-state index in [9.17, 15) is 4.79 Å². The lowest BCUT2D eigenvalue weighted by Crippen LogP contribution is -2.01. The highest BCUT2D eigenvalue weighted by atomic mass is 79.9. The van der Waals surface area contributed by atoms with Gasteiger partial charge in [-0.05, 0) is 40.5 Å². The molecule has 0 amide bonds. The van der Waals surface area contributed by atoms with E-state index >= 15 is 0 Å². The van der Waals surface area contributed by atoms with Gasteiger partial charge in [0.05, 0.1) is 23.7 Å². The van der Waals surface area contributed by atoms with Crippen molar-refractivity contribution < 1.29 is 9.53 Å². The van der Waals surface area contributed by atoms with Gasteiger partial charge in [0, 0.05) is 6.54 Å². The summed E-state index contributed by atoms with van der Waals surface area (Å²) in [6.07, 6.45) is 1.03. The van der Waals surface area contributed by atoms with Crippen molar-refractivity contribution in [1.82, 2.24) is 9.55 Å². The number of methoxy groups -OCH3 is 1. The molecule has 1 aromatic heterocycles. The van der Waals surface area contributed by atoms with Gasteiger partial charge in [-0.25, -0.2) is 9.78 Å². The van der Waals surface area contributed by atoms with Crippen LogP contribution in [0.4, 0.5) is 0 Å². The molecule has 0 radical (unpaired) electrons. The molecule has 0 saturated heterocycles. The summed E-state index contributed by atoms with van der Waals surface area (Å²) < 4.78 is 7.55. The minimum atomic E-state index is -0.340. The highest BCUT2D eigenvalue weighted by Gasteiger charge is 2.11. The fraction of sp³-hybridized carbons (Fsp3) is 0.333. The summed E-state index contributed by atoms with van der Waals surface area (Å²) in [4.78, 5) is 15.8. The Morgan fingerprint density at radius 2 is 2.29 bits per heavy atom. The molecule has 0 aliphatic carbocycles. The highest BCUT2D eigenvalue weighted by molar-refractivity contribution is 9.10. The van der Waals surface area contributed by atoms with E-state index in [2.05, 4.69) is 37.1 Å². The van der Waals surface area contributed by atoms with Gasteiger partial charge in [0.25, 0.3) is 0 Å². The Morgan fingerprint density at radius 3 is 2.94 bits per heavy atom. The van der Waals surface area contributed by atoms with E-state index in [0.29, 0.717) is 5.56 Å². The predicted molar refractivity (Wildman–Crippen MR) is 69.1 cm³/mol. The van der Waals surface area contributed by atoms with Crippen molar-refractivity contribution in [2.45, 2.75) is 19.9 Å². The van der Waals surface area contributed by atoms with Crippen molar-refractivity contribution in [3.05, 3.63) is 28.5 Å². The Labute approximate surface area is 108 Å². The summed E-state index contributed by atoms with van der Waals surface area (Å²) in [6.45, 7) is 3.01. The average molecular weight is 297 g/mol. The third-order valence-electron chi connectivity index (χ3n) is 2.57. The molecule has 2 rings (SSSR count). The summed E-state index contributed by atoms with van der Waals surface area (Å²) in [6, 6.07) is 5.40. The molecule has 90 valence electrons. The Balaban J connectivity index is 2.53. The molecule has 0 atom stereocenters. The molecule has 0 saturated carbocycles. The number of hydrogen-bond acceptors (Lipinski definition) is 3. The molecule has 0 spiro atoms. The third kappa shape index (κ3) is 2.20. The molecule has 2 aromatic rings. The number of halogens is 1. The lowest BCUT2D eigenvalue weighted by molar-refractivity contribution is 0.0601. The van der Waals surface area contributed by atoms with Crippen LogP contribution >= 0.6 is 15.9 Å². The zero-order chi connectivity index (χ0) is 12.4. The maximum atomic E-state index is 11.4.